The molecule has 29 heavy (non-hydrogen) atoms. The van der Waals surface area contributed by atoms with Crippen LogP contribution in [0.25, 0.3) is 10.6 Å². The summed E-state index contributed by atoms with van der Waals surface area (Å²) in [5.74, 6) is 2.46. The molecule has 0 amide bonds. The zero-order valence-electron chi connectivity index (χ0n) is 16.4. The Labute approximate surface area is 183 Å². The molecule has 1 aliphatic heterocycles. The summed E-state index contributed by atoms with van der Waals surface area (Å²) < 4.78 is 18.5. The fourth-order valence-electron chi connectivity index (χ4n) is 3.33. The van der Waals surface area contributed by atoms with Gasteiger partial charge in [-0.3, -0.25) is 4.90 Å². The highest BCUT2D eigenvalue weighted by Crippen LogP contribution is 2.35. The Morgan fingerprint density at radius 3 is 2.86 bits per heavy atom. The van der Waals surface area contributed by atoms with E-state index < -0.39 is 0 Å². The van der Waals surface area contributed by atoms with Gasteiger partial charge in [0.25, 0.3) is 0 Å². The summed E-state index contributed by atoms with van der Waals surface area (Å²) >= 11 is 5.17. The molecule has 152 valence electrons. The highest BCUT2D eigenvalue weighted by Gasteiger charge is 2.23. The second-order valence-electron chi connectivity index (χ2n) is 6.81. The molecule has 1 aromatic heterocycles. The van der Waals surface area contributed by atoms with Gasteiger partial charge in [0, 0.05) is 22.9 Å². The number of para-hydroxylation sites is 2. The van der Waals surface area contributed by atoms with Gasteiger partial charge in [0.2, 0.25) is 0 Å². The molecule has 1 unspecified atom stereocenters. The molecule has 4 rings (SSSR count). The number of methoxy groups -OCH3 is 1. The van der Waals surface area contributed by atoms with Crippen molar-refractivity contribution in [2.75, 3.05) is 26.8 Å². The first-order chi connectivity index (χ1) is 14.2. The average Bonchev–Trinajstić information content (AvgIpc) is 3.21. The summed E-state index contributed by atoms with van der Waals surface area (Å²) in [7, 11) is 1.68. The lowest BCUT2D eigenvalue weighted by Crippen LogP contribution is -2.40. The van der Waals surface area contributed by atoms with E-state index in [9.17, 15) is 0 Å². The zero-order chi connectivity index (χ0) is 20.2. The van der Waals surface area contributed by atoms with Crippen LogP contribution in [0.4, 0.5) is 0 Å². The molecular weight excluding hydrogens is 452 g/mol. The lowest BCUT2D eigenvalue weighted by molar-refractivity contribution is 0.0577. The summed E-state index contributed by atoms with van der Waals surface area (Å²) in [5, 5.41) is 3.08. The van der Waals surface area contributed by atoms with Crippen molar-refractivity contribution in [3.63, 3.8) is 0 Å². The number of hydrogen-bond acceptors (Lipinski definition) is 6. The summed E-state index contributed by atoms with van der Waals surface area (Å²) in [5.41, 5.74) is 2.05. The fourth-order valence-corrected chi connectivity index (χ4v) is 4.52. The molecule has 0 aliphatic carbocycles. The third-order valence-corrected chi connectivity index (χ3v) is 6.22. The molecule has 7 heteroatoms. The second kappa shape index (κ2) is 9.15. The monoisotopic (exact) mass is 474 g/mol. The van der Waals surface area contributed by atoms with Crippen LogP contribution in [0.2, 0.25) is 0 Å². The number of likely N-dealkylation sites (N-methyl/N-ethyl adjacent to an activating group) is 1. The number of thiazole rings is 1. The molecule has 0 N–H and O–H groups in total. The molecule has 2 aromatic carbocycles. The van der Waals surface area contributed by atoms with Crippen LogP contribution in [0.1, 0.15) is 12.6 Å². The van der Waals surface area contributed by atoms with Crippen molar-refractivity contribution in [1.82, 2.24) is 9.88 Å². The number of ether oxygens (including phenoxy) is 3. The summed E-state index contributed by atoms with van der Waals surface area (Å²) in [6.45, 7) is 5.19. The minimum Gasteiger partial charge on any atom is -0.496 e. The van der Waals surface area contributed by atoms with E-state index in [1.165, 1.54) is 0 Å². The lowest BCUT2D eigenvalue weighted by Gasteiger charge is -2.30. The van der Waals surface area contributed by atoms with E-state index in [1.54, 1.807) is 18.4 Å². The van der Waals surface area contributed by atoms with Gasteiger partial charge in [0.15, 0.2) is 11.5 Å². The fraction of sp³-hybridized carbons (Fsp3) is 0.318. The van der Waals surface area contributed by atoms with Crippen LogP contribution in [-0.2, 0) is 6.54 Å². The van der Waals surface area contributed by atoms with Crippen molar-refractivity contribution < 1.29 is 14.2 Å². The molecule has 5 nitrogen and oxygen atoms in total. The number of rotatable bonds is 7. The van der Waals surface area contributed by atoms with Gasteiger partial charge in [-0.1, -0.05) is 35.0 Å². The van der Waals surface area contributed by atoms with Crippen molar-refractivity contribution >= 4 is 27.3 Å². The van der Waals surface area contributed by atoms with E-state index in [4.69, 9.17) is 19.2 Å². The molecule has 0 fully saturated rings. The van der Waals surface area contributed by atoms with Crippen molar-refractivity contribution in [3.8, 4) is 27.8 Å². The number of fused-ring (bicyclic) bond motifs is 1. The van der Waals surface area contributed by atoms with Crippen LogP contribution in [0.3, 0.4) is 0 Å². The second-order valence-corrected chi connectivity index (χ2v) is 8.59. The zero-order valence-corrected chi connectivity index (χ0v) is 18.8. The van der Waals surface area contributed by atoms with Crippen molar-refractivity contribution in [1.29, 1.82) is 0 Å². The Bertz CT molecular complexity index is 978. The van der Waals surface area contributed by atoms with Gasteiger partial charge in [0.05, 0.1) is 18.4 Å². The van der Waals surface area contributed by atoms with Crippen molar-refractivity contribution in [2.45, 2.75) is 19.6 Å². The van der Waals surface area contributed by atoms with Crippen molar-refractivity contribution in [2.24, 2.45) is 0 Å². The van der Waals surface area contributed by atoms with Gasteiger partial charge in [-0.25, -0.2) is 4.98 Å². The lowest BCUT2D eigenvalue weighted by atomic mass is 10.2. The van der Waals surface area contributed by atoms with Crippen LogP contribution in [-0.4, -0.2) is 42.8 Å². The predicted molar refractivity (Wildman–Crippen MR) is 119 cm³/mol. The van der Waals surface area contributed by atoms with E-state index >= 15 is 0 Å². The van der Waals surface area contributed by atoms with Crippen molar-refractivity contribution in [3.05, 3.63) is 58.0 Å². The quantitative estimate of drug-likeness (QED) is 0.468. The molecule has 0 bridgehead atoms. The van der Waals surface area contributed by atoms with Crippen LogP contribution in [0.15, 0.2) is 52.3 Å². The van der Waals surface area contributed by atoms with E-state index in [2.05, 4.69) is 33.1 Å². The van der Waals surface area contributed by atoms with Crippen LogP contribution in [0, 0.1) is 0 Å². The van der Waals surface area contributed by atoms with Crippen LogP contribution in [0.5, 0.6) is 17.2 Å². The molecule has 0 saturated carbocycles. The van der Waals surface area contributed by atoms with Gasteiger partial charge >= 0.3 is 0 Å². The average molecular weight is 475 g/mol. The molecule has 3 aromatic rings. The summed E-state index contributed by atoms with van der Waals surface area (Å²) in [6, 6.07) is 13.8. The number of aromatic nitrogens is 1. The van der Waals surface area contributed by atoms with Crippen LogP contribution >= 0.6 is 27.3 Å². The Hall–Kier alpha value is -2.09. The first-order valence-electron chi connectivity index (χ1n) is 9.55. The van der Waals surface area contributed by atoms with Gasteiger partial charge in [-0.2, -0.15) is 0 Å². The summed E-state index contributed by atoms with van der Waals surface area (Å²) in [6.07, 6.45) is 0.00753. The molecule has 2 heterocycles. The smallest absolute Gasteiger partial charge is 0.161 e. The van der Waals surface area contributed by atoms with E-state index in [0.29, 0.717) is 6.61 Å². The number of halogens is 1. The normalized spacial score (nSPS) is 15.5. The highest BCUT2D eigenvalue weighted by molar-refractivity contribution is 9.10. The minimum absolute atomic E-state index is 0.00753. The maximum atomic E-state index is 6.11. The number of hydrogen-bond donors (Lipinski definition) is 0. The Kier molecular flexibility index (Phi) is 6.37. The Balaban J connectivity index is 1.43. The molecule has 0 spiro atoms. The third kappa shape index (κ3) is 4.74. The molecule has 1 atom stereocenters. The standard InChI is InChI=1S/C22H23BrN2O3S/c1-3-25(12-17-13-27-20-6-4-5-7-21(20)28-17)11-16-14-29-22(24-16)18-10-15(23)8-9-19(18)26-2/h4-10,14,17H,3,11-13H2,1-2H3. The molecule has 0 saturated heterocycles. The largest absolute Gasteiger partial charge is 0.496 e. The first kappa shape index (κ1) is 20.2. The Morgan fingerprint density at radius 1 is 1.24 bits per heavy atom. The molecule has 1 aliphatic rings. The molecular formula is C22H23BrN2O3S. The maximum Gasteiger partial charge on any atom is 0.161 e. The maximum absolute atomic E-state index is 6.11. The van der Waals surface area contributed by atoms with E-state index in [-0.39, 0.29) is 6.10 Å². The first-order valence-corrected chi connectivity index (χ1v) is 11.2. The Morgan fingerprint density at radius 2 is 2.07 bits per heavy atom. The van der Waals surface area contributed by atoms with E-state index in [0.717, 1.165) is 57.6 Å². The van der Waals surface area contributed by atoms with Gasteiger partial charge in [-0.05, 0) is 36.9 Å². The number of nitrogens with zero attached hydrogens (tertiary/aromatic N) is 2. The van der Waals surface area contributed by atoms with Crippen LogP contribution < -0.4 is 14.2 Å². The van der Waals surface area contributed by atoms with E-state index in [1.807, 2.05) is 42.5 Å². The number of benzene rings is 2. The summed E-state index contributed by atoms with van der Waals surface area (Å²) in [4.78, 5) is 7.18. The van der Waals surface area contributed by atoms with Gasteiger partial charge in [0.1, 0.15) is 23.5 Å². The molecule has 0 radical (unpaired) electrons. The van der Waals surface area contributed by atoms with Gasteiger partial charge < -0.3 is 14.2 Å². The topological polar surface area (TPSA) is 43.8 Å². The predicted octanol–water partition coefficient (Wildman–Crippen LogP) is 5.24. The van der Waals surface area contributed by atoms with Gasteiger partial charge in [-0.15, -0.1) is 11.3 Å². The highest BCUT2D eigenvalue weighted by atomic mass is 79.9. The third-order valence-electron chi connectivity index (χ3n) is 4.81. The minimum atomic E-state index is 0.00753. The SMILES string of the molecule is CCN(Cc1csc(-c2cc(Br)ccc2OC)n1)CC1COc2ccccc2O1.